The summed E-state index contributed by atoms with van der Waals surface area (Å²) in [7, 11) is 2.03. The Labute approximate surface area is 117 Å². The highest BCUT2D eigenvalue weighted by molar-refractivity contribution is 5.27. The van der Waals surface area contributed by atoms with Gasteiger partial charge in [-0.05, 0) is 45.6 Å². The second-order valence-corrected chi connectivity index (χ2v) is 6.36. The van der Waals surface area contributed by atoms with Crippen LogP contribution >= 0.6 is 0 Å². The van der Waals surface area contributed by atoms with Gasteiger partial charge in [-0.2, -0.15) is 5.10 Å². The number of hydrogen-bond acceptors (Lipinski definition) is 2. The summed E-state index contributed by atoms with van der Waals surface area (Å²) in [5, 5.41) is 8.26. The average Bonchev–Trinajstić information content (AvgIpc) is 2.62. The highest BCUT2D eigenvalue weighted by Gasteiger charge is 2.23. The van der Waals surface area contributed by atoms with E-state index in [1.165, 1.54) is 36.9 Å². The van der Waals surface area contributed by atoms with Gasteiger partial charge < -0.3 is 5.32 Å². The van der Waals surface area contributed by atoms with Crippen molar-refractivity contribution in [2.75, 3.05) is 6.54 Å². The quantitative estimate of drug-likeness (QED) is 0.901. The molecule has 1 aromatic heterocycles. The van der Waals surface area contributed by atoms with E-state index in [0.717, 1.165) is 24.1 Å². The van der Waals surface area contributed by atoms with Gasteiger partial charge in [-0.3, -0.25) is 4.68 Å². The predicted octanol–water partition coefficient (Wildman–Crippen LogP) is 3.51. The standard InChI is InChI=1S/C16H29N3/c1-11-8-6-7-9-15(11)10-17-12(2)16-13(3)18-19(5)14(16)4/h11-12,15,17H,6-10H2,1-5H3. The molecule has 1 aliphatic rings. The number of rotatable bonds is 4. The fraction of sp³-hybridized carbons (Fsp3) is 0.812. The van der Waals surface area contributed by atoms with Crippen LogP contribution in [0.4, 0.5) is 0 Å². The van der Waals surface area contributed by atoms with Crippen LogP contribution in [0.1, 0.15) is 62.5 Å². The lowest BCUT2D eigenvalue weighted by Crippen LogP contribution is -2.31. The number of aryl methyl sites for hydroxylation is 2. The summed E-state index contributed by atoms with van der Waals surface area (Å²) < 4.78 is 1.99. The molecule has 0 bridgehead atoms. The first-order valence-electron chi connectivity index (χ1n) is 7.74. The van der Waals surface area contributed by atoms with E-state index in [-0.39, 0.29) is 0 Å². The largest absolute Gasteiger partial charge is 0.310 e. The molecule has 0 saturated heterocycles. The summed E-state index contributed by atoms with van der Waals surface area (Å²) in [6.45, 7) is 10.1. The Balaban J connectivity index is 1.95. The highest BCUT2D eigenvalue weighted by Crippen LogP contribution is 2.30. The van der Waals surface area contributed by atoms with Gasteiger partial charge >= 0.3 is 0 Å². The molecule has 3 heteroatoms. The van der Waals surface area contributed by atoms with Crippen LogP contribution in [0.5, 0.6) is 0 Å². The van der Waals surface area contributed by atoms with Gasteiger partial charge in [0.1, 0.15) is 0 Å². The smallest absolute Gasteiger partial charge is 0.0644 e. The van der Waals surface area contributed by atoms with Crippen LogP contribution < -0.4 is 5.32 Å². The SMILES string of the molecule is Cc1nn(C)c(C)c1C(C)NCC1CCCCC1C. The predicted molar refractivity (Wildman–Crippen MR) is 80.2 cm³/mol. The van der Waals surface area contributed by atoms with Crippen LogP contribution in [0.2, 0.25) is 0 Å². The highest BCUT2D eigenvalue weighted by atomic mass is 15.3. The normalized spacial score (nSPS) is 25.5. The Kier molecular flexibility index (Phi) is 4.67. The summed E-state index contributed by atoms with van der Waals surface area (Å²) in [5.74, 6) is 1.73. The topological polar surface area (TPSA) is 29.9 Å². The molecule has 0 amide bonds. The van der Waals surface area contributed by atoms with Crippen LogP contribution in [0.15, 0.2) is 0 Å². The van der Waals surface area contributed by atoms with Crippen molar-refractivity contribution in [3.05, 3.63) is 17.0 Å². The maximum atomic E-state index is 4.52. The first-order valence-corrected chi connectivity index (χ1v) is 7.74. The molecule has 0 spiro atoms. The molecule has 0 aromatic carbocycles. The number of hydrogen-bond donors (Lipinski definition) is 1. The molecule has 3 nitrogen and oxygen atoms in total. The Morgan fingerprint density at radius 2 is 2.00 bits per heavy atom. The fourth-order valence-electron chi connectivity index (χ4n) is 3.54. The van der Waals surface area contributed by atoms with Gasteiger partial charge in [0.25, 0.3) is 0 Å². The van der Waals surface area contributed by atoms with Crippen molar-refractivity contribution in [3.8, 4) is 0 Å². The van der Waals surface area contributed by atoms with Gasteiger partial charge in [-0.25, -0.2) is 0 Å². The van der Waals surface area contributed by atoms with Crippen molar-refractivity contribution in [2.45, 2.75) is 59.4 Å². The Bertz CT molecular complexity index is 422. The van der Waals surface area contributed by atoms with Crippen LogP contribution in [-0.2, 0) is 7.05 Å². The molecule has 3 atom stereocenters. The second kappa shape index (κ2) is 6.08. The number of nitrogens with one attached hydrogen (secondary N) is 1. The number of aromatic nitrogens is 2. The lowest BCUT2D eigenvalue weighted by molar-refractivity contribution is 0.242. The van der Waals surface area contributed by atoms with Crippen LogP contribution in [-0.4, -0.2) is 16.3 Å². The monoisotopic (exact) mass is 263 g/mol. The molecule has 1 saturated carbocycles. The minimum absolute atomic E-state index is 0.405. The molecule has 1 aromatic rings. The van der Waals surface area contributed by atoms with Gasteiger partial charge in [0.2, 0.25) is 0 Å². The molecule has 1 aliphatic carbocycles. The Morgan fingerprint density at radius 1 is 1.32 bits per heavy atom. The van der Waals surface area contributed by atoms with E-state index in [1.807, 2.05) is 11.7 Å². The van der Waals surface area contributed by atoms with Gasteiger partial charge in [0.15, 0.2) is 0 Å². The first kappa shape index (κ1) is 14.6. The zero-order chi connectivity index (χ0) is 14.0. The van der Waals surface area contributed by atoms with Crippen molar-refractivity contribution in [3.63, 3.8) is 0 Å². The van der Waals surface area contributed by atoms with E-state index in [0.29, 0.717) is 6.04 Å². The molecule has 108 valence electrons. The van der Waals surface area contributed by atoms with E-state index >= 15 is 0 Å². The van der Waals surface area contributed by atoms with Crippen LogP contribution in [0, 0.1) is 25.7 Å². The summed E-state index contributed by atoms with van der Waals surface area (Å²) >= 11 is 0. The van der Waals surface area contributed by atoms with Crippen molar-refractivity contribution < 1.29 is 0 Å². The lowest BCUT2D eigenvalue weighted by atomic mass is 9.80. The molecule has 0 aliphatic heterocycles. The molecule has 1 N–H and O–H groups in total. The zero-order valence-corrected chi connectivity index (χ0v) is 13.2. The minimum Gasteiger partial charge on any atom is -0.310 e. The third-order valence-corrected chi connectivity index (χ3v) is 4.97. The summed E-state index contributed by atoms with van der Waals surface area (Å²) in [6.07, 6.45) is 5.64. The Hall–Kier alpha value is -0.830. The molecular formula is C16H29N3. The maximum Gasteiger partial charge on any atom is 0.0644 e. The van der Waals surface area contributed by atoms with Gasteiger partial charge in [-0.15, -0.1) is 0 Å². The fourth-order valence-corrected chi connectivity index (χ4v) is 3.54. The van der Waals surface area contributed by atoms with Gasteiger partial charge in [0.05, 0.1) is 5.69 Å². The zero-order valence-electron chi connectivity index (χ0n) is 13.2. The summed E-state index contributed by atoms with van der Waals surface area (Å²) in [4.78, 5) is 0. The minimum atomic E-state index is 0.405. The van der Waals surface area contributed by atoms with E-state index in [2.05, 4.69) is 38.1 Å². The molecule has 0 radical (unpaired) electrons. The van der Waals surface area contributed by atoms with Crippen molar-refractivity contribution in [2.24, 2.45) is 18.9 Å². The van der Waals surface area contributed by atoms with E-state index in [9.17, 15) is 0 Å². The molecule has 1 heterocycles. The summed E-state index contributed by atoms with van der Waals surface area (Å²) in [5.41, 5.74) is 3.83. The van der Waals surface area contributed by atoms with E-state index in [4.69, 9.17) is 0 Å². The van der Waals surface area contributed by atoms with Crippen LogP contribution in [0.25, 0.3) is 0 Å². The van der Waals surface area contributed by atoms with Gasteiger partial charge in [0, 0.05) is 24.3 Å². The van der Waals surface area contributed by atoms with E-state index < -0.39 is 0 Å². The molecule has 19 heavy (non-hydrogen) atoms. The first-order chi connectivity index (χ1) is 9.00. The molecular weight excluding hydrogens is 234 g/mol. The Morgan fingerprint density at radius 3 is 2.58 bits per heavy atom. The third-order valence-electron chi connectivity index (χ3n) is 4.97. The third kappa shape index (κ3) is 3.19. The average molecular weight is 263 g/mol. The van der Waals surface area contributed by atoms with Crippen molar-refractivity contribution in [1.82, 2.24) is 15.1 Å². The van der Waals surface area contributed by atoms with Crippen LogP contribution in [0.3, 0.4) is 0 Å². The van der Waals surface area contributed by atoms with Crippen molar-refractivity contribution in [1.29, 1.82) is 0 Å². The molecule has 1 fully saturated rings. The van der Waals surface area contributed by atoms with E-state index in [1.54, 1.807) is 0 Å². The second-order valence-electron chi connectivity index (χ2n) is 6.36. The number of nitrogens with zero attached hydrogens (tertiary/aromatic N) is 2. The molecule has 2 rings (SSSR count). The maximum absolute atomic E-state index is 4.52. The molecule has 3 unspecified atom stereocenters. The van der Waals surface area contributed by atoms with Gasteiger partial charge in [-0.1, -0.05) is 26.2 Å². The summed E-state index contributed by atoms with van der Waals surface area (Å²) in [6, 6.07) is 0.405. The van der Waals surface area contributed by atoms with Crippen molar-refractivity contribution >= 4 is 0 Å². The lowest BCUT2D eigenvalue weighted by Gasteiger charge is -2.30.